The molecular formula is C8H15N. The number of hydrogen-bond donors (Lipinski definition) is 1. The van der Waals surface area contributed by atoms with Crippen molar-refractivity contribution in [2.24, 2.45) is 5.73 Å². The largest absolute Gasteiger partial charge is 0.318 e. The van der Waals surface area contributed by atoms with Crippen LogP contribution in [-0.4, -0.2) is 6.04 Å². The first-order chi connectivity index (χ1) is 4.31. The van der Waals surface area contributed by atoms with Gasteiger partial charge in [0.2, 0.25) is 0 Å². The molecule has 0 aromatic heterocycles. The molecule has 0 aliphatic rings. The maximum Gasteiger partial charge on any atom is 0.0664 e. The third-order valence-electron chi connectivity index (χ3n) is 1.06. The number of nitrogens with two attached hydrogens (primary N) is 1. The minimum Gasteiger partial charge on any atom is -0.318 e. The van der Waals surface area contributed by atoms with E-state index in [1.165, 1.54) is 0 Å². The molecule has 0 amide bonds. The van der Waals surface area contributed by atoms with Gasteiger partial charge in [0, 0.05) is 6.42 Å². The fourth-order valence-electron chi connectivity index (χ4n) is 0.616. The molecule has 0 aromatic carbocycles. The Morgan fingerprint density at radius 2 is 2.11 bits per heavy atom. The van der Waals surface area contributed by atoms with E-state index in [0.29, 0.717) is 0 Å². The van der Waals surface area contributed by atoms with Crippen molar-refractivity contribution in [1.29, 1.82) is 0 Å². The van der Waals surface area contributed by atoms with Crippen LogP contribution in [-0.2, 0) is 0 Å². The summed E-state index contributed by atoms with van der Waals surface area (Å²) >= 11 is 0. The van der Waals surface area contributed by atoms with Gasteiger partial charge in [-0.2, -0.15) is 0 Å². The maximum absolute atomic E-state index is 5.60. The van der Waals surface area contributed by atoms with E-state index >= 15 is 0 Å². The highest BCUT2D eigenvalue weighted by Gasteiger charge is 1.91. The van der Waals surface area contributed by atoms with Crippen molar-refractivity contribution in [2.75, 3.05) is 0 Å². The van der Waals surface area contributed by atoms with Gasteiger partial charge in [-0.1, -0.05) is 26.2 Å². The zero-order chi connectivity index (χ0) is 7.11. The van der Waals surface area contributed by atoms with Crippen molar-refractivity contribution in [2.45, 2.75) is 39.2 Å². The molecule has 1 nitrogen and oxygen atoms in total. The first-order valence-electron chi connectivity index (χ1n) is 3.55. The van der Waals surface area contributed by atoms with Crippen molar-refractivity contribution in [3.8, 4) is 11.8 Å². The van der Waals surface area contributed by atoms with E-state index in [9.17, 15) is 0 Å². The molecule has 0 radical (unpaired) electrons. The Bertz CT molecular complexity index is 107. The maximum atomic E-state index is 5.60. The molecule has 0 aliphatic carbocycles. The predicted octanol–water partition coefficient (Wildman–Crippen LogP) is 1.53. The molecule has 0 rings (SSSR count). The Morgan fingerprint density at radius 1 is 1.44 bits per heavy atom. The highest BCUT2D eigenvalue weighted by Crippen LogP contribution is 1.90. The Balaban J connectivity index is 3.36. The molecule has 1 heteroatoms. The molecule has 1 unspecified atom stereocenters. The molecule has 1 atom stereocenters. The van der Waals surface area contributed by atoms with Gasteiger partial charge in [0.25, 0.3) is 0 Å². The normalized spacial score (nSPS) is 11.9. The summed E-state index contributed by atoms with van der Waals surface area (Å²) in [7, 11) is 0. The minimum atomic E-state index is 0.106. The van der Waals surface area contributed by atoms with E-state index < -0.39 is 0 Å². The third kappa shape index (κ3) is 5.39. The Morgan fingerprint density at radius 3 is 2.56 bits per heavy atom. The average molecular weight is 125 g/mol. The number of hydrogen-bond acceptors (Lipinski definition) is 1. The monoisotopic (exact) mass is 125 g/mol. The van der Waals surface area contributed by atoms with Gasteiger partial charge in [-0.25, -0.2) is 0 Å². The number of rotatable bonds is 2. The van der Waals surface area contributed by atoms with Crippen molar-refractivity contribution >= 4 is 0 Å². The first kappa shape index (κ1) is 8.52. The molecular weight excluding hydrogens is 110 g/mol. The van der Waals surface area contributed by atoms with Gasteiger partial charge in [-0.3, -0.25) is 0 Å². The lowest BCUT2D eigenvalue weighted by Gasteiger charge is -1.97. The van der Waals surface area contributed by atoms with Crippen LogP contribution in [0.3, 0.4) is 0 Å². The van der Waals surface area contributed by atoms with Crippen LogP contribution in [0.15, 0.2) is 0 Å². The van der Waals surface area contributed by atoms with Crippen LogP contribution in [0.1, 0.15) is 33.1 Å². The molecule has 0 heterocycles. The smallest absolute Gasteiger partial charge is 0.0664 e. The lowest BCUT2D eigenvalue weighted by Crippen LogP contribution is -2.16. The average Bonchev–Trinajstić information content (AvgIpc) is 1.85. The Kier molecular flexibility index (Phi) is 5.35. The van der Waals surface area contributed by atoms with Gasteiger partial charge in [0.1, 0.15) is 0 Å². The highest BCUT2D eigenvalue weighted by atomic mass is 14.6. The zero-order valence-electron chi connectivity index (χ0n) is 6.28. The summed E-state index contributed by atoms with van der Waals surface area (Å²) in [4.78, 5) is 0. The van der Waals surface area contributed by atoms with Crippen molar-refractivity contribution in [3.05, 3.63) is 0 Å². The summed E-state index contributed by atoms with van der Waals surface area (Å²) < 4.78 is 0. The second-order valence-corrected chi connectivity index (χ2v) is 2.07. The van der Waals surface area contributed by atoms with Crippen molar-refractivity contribution < 1.29 is 0 Å². The van der Waals surface area contributed by atoms with Crippen LogP contribution in [0, 0.1) is 11.8 Å². The van der Waals surface area contributed by atoms with Crippen LogP contribution < -0.4 is 5.73 Å². The van der Waals surface area contributed by atoms with Gasteiger partial charge >= 0.3 is 0 Å². The third-order valence-corrected chi connectivity index (χ3v) is 1.06. The summed E-state index contributed by atoms with van der Waals surface area (Å²) in [5, 5.41) is 0. The molecule has 0 aliphatic heterocycles. The van der Waals surface area contributed by atoms with Gasteiger partial charge in [-0.05, 0) is 6.42 Å². The van der Waals surface area contributed by atoms with Gasteiger partial charge < -0.3 is 5.73 Å². The van der Waals surface area contributed by atoms with Crippen molar-refractivity contribution in [3.63, 3.8) is 0 Å². The standard InChI is InChI=1S/C8H15N/c1-3-5-7-8(9)6-4-2/h8H,3-4,6,9H2,1-2H3. The molecule has 0 saturated carbocycles. The summed E-state index contributed by atoms with van der Waals surface area (Å²) in [6, 6.07) is 0.106. The van der Waals surface area contributed by atoms with Gasteiger partial charge in [0.15, 0.2) is 0 Å². The fourth-order valence-corrected chi connectivity index (χ4v) is 0.616. The minimum absolute atomic E-state index is 0.106. The van der Waals surface area contributed by atoms with E-state index in [2.05, 4.69) is 18.8 Å². The molecule has 2 N–H and O–H groups in total. The Hall–Kier alpha value is -0.480. The molecule has 0 saturated heterocycles. The second-order valence-electron chi connectivity index (χ2n) is 2.07. The fraction of sp³-hybridized carbons (Fsp3) is 0.750. The van der Waals surface area contributed by atoms with Crippen LogP contribution in [0.25, 0.3) is 0 Å². The van der Waals surface area contributed by atoms with Gasteiger partial charge in [-0.15, -0.1) is 5.92 Å². The predicted molar refractivity (Wildman–Crippen MR) is 41.0 cm³/mol. The van der Waals surface area contributed by atoms with E-state index in [4.69, 9.17) is 5.73 Å². The second kappa shape index (κ2) is 5.65. The SMILES string of the molecule is CCC#CC(N)CCC. The zero-order valence-corrected chi connectivity index (χ0v) is 6.28. The van der Waals surface area contributed by atoms with Crippen molar-refractivity contribution in [1.82, 2.24) is 0 Å². The van der Waals surface area contributed by atoms with E-state index in [0.717, 1.165) is 19.3 Å². The molecule has 0 aromatic rings. The summed E-state index contributed by atoms with van der Waals surface area (Å²) in [5.41, 5.74) is 5.60. The molecule has 0 spiro atoms. The lowest BCUT2D eigenvalue weighted by molar-refractivity contribution is 0.720. The molecule has 0 bridgehead atoms. The highest BCUT2D eigenvalue weighted by molar-refractivity contribution is 5.05. The topological polar surface area (TPSA) is 26.0 Å². The van der Waals surface area contributed by atoms with Crippen LogP contribution in [0.2, 0.25) is 0 Å². The lowest BCUT2D eigenvalue weighted by atomic mass is 10.2. The van der Waals surface area contributed by atoms with Crippen LogP contribution >= 0.6 is 0 Å². The van der Waals surface area contributed by atoms with E-state index in [-0.39, 0.29) is 6.04 Å². The first-order valence-corrected chi connectivity index (χ1v) is 3.55. The van der Waals surface area contributed by atoms with E-state index in [1.807, 2.05) is 6.92 Å². The molecule has 0 fully saturated rings. The quantitative estimate of drug-likeness (QED) is 0.556. The summed E-state index contributed by atoms with van der Waals surface area (Å²) in [5.74, 6) is 5.92. The molecule has 9 heavy (non-hydrogen) atoms. The Labute approximate surface area is 57.6 Å². The van der Waals surface area contributed by atoms with Gasteiger partial charge in [0.05, 0.1) is 6.04 Å². The van der Waals surface area contributed by atoms with Crippen LogP contribution in [0.5, 0.6) is 0 Å². The van der Waals surface area contributed by atoms with Crippen LogP contribution in [0.4, 0.5) is 0 Å². The van der Waals surface area contributed by atoms with E-state index in [1.54, 1.807) is 0 Å². The summed E-state index contributed by atoms with van der Waals surface area (Å²) in [6.07, 6.45) is 3.06. The summed E-state index contributed by atoms with van der Waals surface area (Å²) in [6.45, 7) is 4.15. The molecule has 52 valence electrons.